The van der Waals surface area contributed by atoms with E-state index in [1.165, 1.54) is 0 Å². The highest BCUT2D eigenvalue weighted by Gasteiger charge is 2.38. The zero-order valence-electron chi connectivity index (χ0n) is 9.39. The van der Waals surface area contributed by atoms with Crippen molar-refractivity contribution in [3.8, 4) is 6.07 Å². The van der Waals surface area contributed by atoms with Gasteiger partial charge in [-0.3, -0.25) is 0 Å². The summed E-state index contributed by atoms with van der Waals surface area (Å²) in [6, 6.07) is 2.33. The molecule has 0 aromatic carbocycles. The van der Waals surface area contributed by atoms with Crippen molar-refractivity contribution >= 4 is 0 Å². The molecular formula is C11H20N2O. The molecule has 80 valence electrons. The highest BCUT2D eigenvalue weighted by Crippen LogP contribution is 2.26. The average molecular weight is 196 g/mol. The zero-order chi connectivity index (χ0) is 10.7. The summed E-state index contributed by atoms with van der Waals surface area (Å²) in [6.07, 6.45) is 1.15. The Balaban J connectivity index is 2.25. The number of nitrogens with one attached hydrogen (secondary N) is 1. The van der Waals surface area contributed by atoms with Gasteiger partial charge in [0.2, 0.25) is 0 Å². The molecule has 1 rings (SSSR count). The van der Waals surface area contributed by atoms with Crippen molar-refractivity contribution in [3.63, 3.8) is 0 Å². The van der Waals surface area contributed by atoms with Crippen LogP contribution in [0.5, 0.6) is 0 Å². The summed E-state index contributed by atoms with van der Waals surface area (Å²) in [6.45, 7) is 9.55. The Morgan fingerprint density at radius 1 is 1.50 bits per heavy atom. The lowest BCUT2D eigenvalue weighted by atomic mass is 9.86. The number of rotatable bonds is 5. The number of hydrogen-bond acceptors (Lipinski definition) is 3. The van der Waals surface area contributed by atoms with Crippen molar-refractivity contribution in [3.05, 3.63) is 0 Å². The second-order valence-electron chi connectivity index (χ2n) is 5.01. The zero-order valence-corrected chi connectivity index (χ0v) is 9.39. The molecule has 14 heavy (non-hydrogen) atoms. The Labute approximate surface area is 86.4 Å². The number of nitriles is 1. The van der Waals surface area contributed by atoms with Crippen LogP contribution in [0.1, 0.15) is 27.2 Å². The molecule has 3 nitrogen and oxygen atoms in total. The van der Waals surface area contributed by atoms with Crippen LogP contribution in [0.3, 0.4) is 0 Å². The highest BCUT2D eigenvalue weighted by atomic mass is 16.5. The van der Waals surface area contributed by atoms with E-state index in [2.05, 4.69) is 32.2 Å². The first-order valence-corrected chi connectivity index (χ1v) is 5.23. The minimum atomic E-state index is -0.246. The monoisotopic (exact) mass is 196 g/mol. The second-order valence-corrected chi connectivity index (χ2v) is 5.01. The smallest absolute Gasteiger partial charge is 0.116 e. The standard InChI is InChI=1S/C11H20N2O/c1-4-10(2,3)6-13-7-11(5-12)8-14-9-11/h13H,4,6-9H2,1-3H3. The molecular weight excluding hydrogens is 176 g/mol. The van der Waals surface area contributed by atoms with Crippen LogP contribution in [0, 0.1) is 22.2 Å². The van der Waals surface area contributed by atoms with E-state index >= 15 is 0 Å². The maximum atomic E-state index is 8.95. The molecule has 1 aliphatic heterocycles. The summed E-state index contributed by atoms with van der Waals surface area (Å²) >= 11 is 0. The molecule has 0 bridgehead atoms. The minimum Gasteiger partial charge on any atom is -0.378 e. The lowest BCUT2D eigenvalue weighted by molar-refractivity contribution is -0.0760. The van der Waals surface area contributed by atoms with E-state index in [4.69, 9.17) is 10.00 Å². The van der Waals surface area contributed by atoms with Crippen LogP contribution in [-0.4, -0.2) is 26.3 Å². The molecule has 3 heteroatoms. The maximum Gasteiger partial charge on any atom is 0.116 e. The van der Waals surface area contributed by atoms with Gasteiger partial charge < -0.3 is 10.1 Å². The molecule has 0 aromatic heterocycles. The van der Waals surface area contributed by atoms with Crippen LogP contribution >= 0.6 is 0 Å². The van der Waals surface area contributed by atoms with E-state index in [1.54, 1.807) is 0 Å². The predicted molar refractivity (Wildman–Crippen MR) is 55.8 cm³/mol. The van der Waals surface area contributed by atoms with Crippen molar-refractivity contribution in [2.75, 3.05) is 26.3 Å². The Morgan fingerprint density at radius 3 is 2.50 bits per heavy atom. The van der Waals surface area contributed by atoms with Gasteiger partial charge in [0.15, 0.2) is 0 Å². The van der Waals surface area contributed by atoms with Gasteiger partial charge >= 0.3 is 0 Å². The molecule has 1 saturated heterocycles. The van der Waals surface area contributed by atoms with Gasteiger partial charge in [0.05, 0.1) is 19.3 Å². The minimum absolute atomic E-state index is 0.246. The predicted octanol–water partition coefficient (Wildman–Crippen LogP) is 1.55. The fourth-order valence-corrected chi connectivity index (χ4v) is 1.32. The van der Waals surface area contributed by atoms with Crippen LogP contribution in [0.25, 0.3) is 0 Å². The van der Waals surface area contributed by atoms with E-state index in [1.807, 2.05) is 0 Å². The van der Waals surface area contributed by atoms with Crippen LogP contribution < -0.4 is 5.32 Å². The largest absolute Gasteiger partial charge is 0.378 e. The summed E-state index contributed by atoms with van der Waals surface area (Å²) in [5.41, 5.74) is 0.0745. The molecule has 0 spiro atoms. The topological polar surface area (TPSA) is 45.0 Å². The lowest BCUT2D eigenvalue weighted by Gasteiger charge is -2.36. The van der Waals surface area contributed by atoms with Crippen molar-refractivity contribution in [2.45, 2.75) is 27.2 Å². The molecule has 1 aliphatic rings. The molecule has 0 unspecified atom stereocenters. The first-order chi connectivity index (χ1) is 6.54. The van der Waals surface area contributed by atoms with Crippen molar-refractivity contribution in [1.29, 1.82) is 5.26 Å². The van der Waals surface area contributed by atoms with E-state index in [0.717, 1.165) is 19.5 Å². The van der Waals surface area contributed by atoms with E-state index in [-0.39, 0.29) is 5.41 Å². The molecule has 1 heterocycles. The first kappa shape index (κ1) is 11.5. The maximum absolute atomic E-state index is 8.95. The lowest BCUT2D eigenvalue weighted by Crippen LogP contribution is -2.49. The normalized spacial score (nSPS) is 19.9. The summed E-state index contributed by atoms with van der Waals surface area (Å²) in [5, 5.41) is 12.3. The Bertz CT molecular complexity index is 226. The van der Waals surface area contributed by atoms with Crippen molar-refractivity contribution < 1.29 is 4.74 Å². The SMILES string of the molecule is CCC(C)(C)CNCC1(C#N)COC1. The molecule has 0 amide bonds. The second kappa shape index (κ2) is 4.29. The summed E-state index contributed by atoms with van der Waals surface area (Å²) in [4.78, 5) is 0. The summed E-state index contributed by atoms with van der Waals surface area (Å²) in [5.74, 6) is 0. The van der Waals surface area contributed by atoms with Gasteiger partial charge in [0.1, 0.15) is 5.41 Å². The quantitative estimate of drug-likeness (QED) is 0.725. The molecule has 0 aromatic rings. The van der Waals surface area contributed by atoms with E-state index < -0.39 is 0 Å². The van der Waals surface area contributed by atoms with Crippen LogP contribution in [-0.2, 0) is 4.74 Å². The third-order valence-corrected chi connectivity index (χ3v) is 3.02. The molecule has 0 saturated carbocycles. The van der Waals surface area contributed by atoms with Gasteiger partial charge in [-0.15, -0.1) is 0 Å². The van der Waals surface area contributed by atoms with Gasteiger partial charge in [-0.05, 0) is 11.8 Å². The summed E-state index contributed by atoms with van der Waals surface area (Å²) < 4.78 is 5.08. The van der Waals surface area contributed by atoms with E-state index in [0.29, 0.717) is 18.6 Å². The van der Waals surface area contributed by atoms with Gasteiger partial charge in [-0.2, -0.15) is 5.26 Å². The van der Waals surface area contributed by atoms with Crippen molar-refractivity contribution in [2.24, 2.45) is 10.8 Å². The molecule has 0 atom stereocenters. The first-order valence-electron chi connectivity index (χ1n) is 5.23. The fourth-order valence-electron chi connectivity index (χ4n) is 1.32. The highest BCUT2D eigenvalue weighted by molar-refractivity contribution is 5.05. The Hall–Kier alpha value is -0.590. The van der Waals surface area contributed by atoms with Crippen molar-refractivity contribution in [1.82, 2.24) is 5.32 Å². The van der Waals surface area contributed by atoms with Crippen LogP contribution in [0.2, 0.25) is 0 Å². The molecule has 0 radical (unpaired) electrons. The van der Waals surface area contributed by atoms with Gasteiger partial charge in [0.25, 0.3) is 0 Å². The Morgan fingerprint density at radius 2 is 2.14 bits per heavy atom. The average Bonchev–Trinajstić information content (AvgIpc) is 2.10. The third kappa shape index (κ3) is 2.70. The molecule has 1 fully saturated rings. The van der Waals surface area contributed by atoms with Gasteiger partial charge in [-0.1, -0.05) is 20.8 Å². The van der Waals surface area contributed by atoms with Crippen LogP contribution in [0.4, 0.5) is 0 Å². The fraction of sp³-hybridized carbons (Fsp3) is 0.909. The van der Waals surface area contributed by atoms with Gasteiger partial charge in [0, 0.05) is 13.1 Å². The van der Waals surface area contributed by atoms with Crippen LogP contribution in [0.15, 0.2) is 0 Å². The third-order valence-electron chi connectivity index (χ3n) is 3.02. The molecule has 1 N–H and O–H groups in total. The number of ether oxygens (including phenoxy) is 1. The summed E-state index contributed by atoms with van der Waals surface area (Å²) in [7, 11) is 0. The molecule has 0 aliphatic carbocycles. The Kier molecular flexibility index (Phi) is 3.52. The van der Waals surface area contributed by atoms with E-state index in [9.17, 15) is 0 Å². The van der Waals surface area contributed by atoms with Gasteiger partial charge in [-0.25, -0.2) is 0 Å². The number of hydrogen-bond donors (Lipinski definition) is 1. The number of nitrogens with zero attached hydrogens (tertiary/aromatic N) is 1.